The Labute approximate surface area is 125 Å². The second-order valence-corrected chi connectivity index (χ2v) is 5.81. The topological polar surface area (TPSA) is 55.1 Å². The number of amides is 1. The third kappa shape index (κ3) is 3.49. The molecule has 0 heterocycles. The SMILES string of the molecule is NCC1(C(=O)Nc2cc(Cl)cc(C(F)(F)F)c2)CCCC1. The second kappa shape index (κ2) is 5.85. The van der Waals surface area contributed by atoms with Crippen molar-refractivity contribution in [3.8, 4) is 0 Å². The van der Waals surface area contributed by atoms with Crippen molar-refractivity contribution in [1.29, 1.82) is 0 Å². The number of anilines is 1. The Morgan fingerprint density at radius 1 is 1.29 bits per heavy atom. The third-order valence-corrected chi connectivity index (χ3v) is 4.13. The van der Waals surface area contributed by atoms with E-state index < -0.39 is 17.2 Å². The first-order valence-corrected chi connectivity index (χ1v) is 7.04. The zero-order chi connectivity index (χ0) is 15.7. The van der Waals surface area contributed by atoms with Crippen molar-refractivity contribution in [2.24, 2.45) is 11.1 Å². The average Bonchev–Trinajstić information content (AvgIpc) is 2.87. The van der Waals surface area contributed by atoms with Gasteiger partial charge in [0.2, 0.25) is 5.91 Å². The highest BCUT2D eigenvalue weighted by molar-refractivity contribution is 6.31. The molecule has 1 amide bonds. The highest BCUT2D eigenvalue weighted by Crippen LogP contribution is 2.39. The van der Waals surface area contributed by atoms with Crippen LogP contribution in [0.15, 0.2) is 18.2 Å². The molecule has 0 aliphatic heterocycles. The van der Waals surface area contributed by atoms with Gasteiger partial charge in [0.15, 0.2) is 0 Å². The summed E-state index contributed by atoms with van der Waals surface area (Å²) in [6.45, 7) is 0.186. The molecule has 0 unspecified atom stereocenters. The molecule has 0 saturated heterocycles. The van der Waals surface area contributed by atoms with Gasteiger partial charge in [0.25, 0.3) is 0 Å². The van der Waals surface area contributed by atoms with Crippen LogP contribution in [0.1, 0.15) is 31.2 Å². The monoisotopic (exact) mass is 320 g/mol. The summed E-state index contributed by atoms with van der Waals surface area (Å²) in [4.78, 5) is 12.3. The number of benzene rings is 1. The summed E-state index contributed by atoms with van der Waals surface area (Å²) in [5, 5.41) is 2.45. The van der Waals surface area contributed by atoms with E-state index in [0.717, 1.165) is 25.0 Å². The number of carbonyl (C=O) groups excluding carboxylic acids is 1. The fourth-order valence-electron chi connectivity index (χ4n) is 2.66. The predicted molar refractivity (Wildman–Crippen MR) is 75.0 cm³/mol. The molecule has 116 valence electrons. The van der Waals surface area contributed by atoms with Gasteiger partial charge in [-0.15, -0.1) is 0 Å². The lowest BCUT2D eigenvalue weighted by Gasteiger charge is -2.26. The summed E-state index contributed by atoms with van der Waals surface area (Å²) in [6.07, 6.45) is -1.41. The molecule has 2 rings (SSSR count). The van der Waals surface area contributed by atoms with Gasteiger partial charge in [0.05, 0.1) is 11.0 Å². The van der Waals surface area contributed by atoms with Crippen LogP contribution in [-0.2, 0) is 11.0 Å². The van der Waals surface area contributed by atoms with E-state index in [4.69, 9.17) is 17.3 Å². The Morgan fingerprint density at radius 3 is 2.43 bits per heavy atom. The molecule has 3 nitrogen and oxygen atoms in total. The third-order valence-electron chi connectivity index (χ3n) is 3.92. The summed E-state index contributed by atoms with van der Waals surface area (Å²) in [6, 6.07) is 3.00. The van der Waals surface area contributed by atoms with Gasteiger partial charge < -0.3 is 11.1 Å². The number of rotatable bonds is 3. The maximum atomic E-state index is 12.7. The Bertz CT molecular complexity index is 540. The molecule has 0 radical (unpaired) electrons. The van der Waals surface area contributed by atoms with Crippen molar-refractivity contribution >= 4 is 23.2 Å². The van der Waals surface area contributed by atoms with Gasteiger partial charge in [-0.2, -0.15) is 13.2 Å². The maximum absolute atomic E-state index is 12.7. The van der Waals surface area contributed by atoms with Crippen molar-refractivity contribution in [3.05, 3.63) is 28.8 Å². The van der Waals surface area contributed by atoms with Crippen molar-refractivity contribution in [3.63, 3.8) is 0 Å². The minimum Gasteiger partial charge on any atom is -0.329 e. The molecule has 1 aromatic rings. The van der Waals surface area contributed by atoms with E-state index in [1.165, 1.54) is 6.07 Å². The standard InChI is InChI=1S/C14H16ClF3N2O/c15-10-5-9(14(16,17)18)6-11(7-10)20-12(21)13(8-19)3-1-2-4-13/h5-7H,1-4,8,19H2,(H,20,21). The first-order chi connectivity index (χ1) is 9.77. The van der Waals surface area contributed by atoms with E-state index in [0.29, 0.717) is 12.8 Å². The molecule has 3 N–H and O–H groups in total. The average molecular weight is 321 g/mol. The fraction of sp³-hybridized carbons (Fsp3) is 0.500. The van der Waals surface area contributed by atoms with E-state index in [1.54, 1.807) is 0 Å². The summed E-state index contributed by atoms with van der Waals surface area (Å²) in [5.74, 6) is -0.335. The van der Waals surface area contributed by atoms with Crippen LogP contribution in [0, 0.1) is 5.41 Å². The van der Waals surface area contributed by atoms with Crippen molar-refractivity contribution in [2.75, 3.05) is 11.9 Å². The quantitative estimate of drug-likeness (QED) is 0.889. The van der Waals surface area contributed by atoms with Crippen LogP contribution in [-0.4, -0.2) is 12.5 Å². The number of halogens is 4. The summed E-state index contributed by atoms with van der Waals surface area (Å²) in [7, 11) is 0. The van der Waals surface area contributed by atoms with Crippen molar-refractivity contribution < 1.29 is 18.0 Å². The molecular weight excluding hydrogens is 305 g/mol. The molecule has 0 aromatic heterocycles. The Balaban J connectivity index is 2.23. The lowest BCUT2D eigenvalue weighted by atomic mass is 9.85. The van der Waals surface area contributed by atoms with Gasteiger partial charge in [-0.25, -0.2) is 0 Å². The van der Waals surface area contributed by atoms with Crippen LogP contribution in [0.3, 0.4) is 0 Å². The minimum absolute atomic E-state index is 0.0412. The summed E-state index contributed by atoms with van der Waals surface area (Å²) in [5.41, 5.74) is 4.16. The largest absolute Gasteiger partial charge is 0.416 e. The van der Waals surface area contributed by atoms with Gasteiger partial charge in [-0.1, -0.05) is 24.4 Å². The van der Waals surface area contributed by atoms with Crippen molar-refractivity contribution in [1.82, 2.24) is 0 Å². The molecule has 1 saturated carbocycles. The van der Waals surface area contributed by atoms with E-state index in [9.17, 15) is 18.0 Å². The van der Waals surface area contributed by atoms with Crippen molar-refractivity contribution in [2.45, 2.75) is 31.9 Å². The van der Waals surface area contributed by atoms with Crippen LogP contribution < -0.4 is 11.1 Å². The summed E-state index contributed by atoms with van der Waals surface area (Å²) < 4.78 is 38.2. The molecular formula is C14H16ClF3N2O. The van der Waals surface area contributed by atoms with Gasteiger partial charge in [-0.05, 0) is 31.0 Å². The number of hydrogen-bond donors (Lipinski definition) is 2. The zero-order valence-corrected chi connectivity index (χ0v) is 12.0. The number of carbonyl (C=O) groups is 1. The summed E-state index contributed by atoms with van der Waals surface area (Å²) >= 11 is 5.69. The highest BCUT2D eigenvalue weighted by Gasteiger charge is 2.40. The Kier molecular flexibility index (Phi) is 4.49. The fourth-order valence-corrected chi connectivity index (χ4v) is 2.90. The molecule has 21 heavy (non-hydrogen) atoms. The molecule has 1 aliphatic carbocycles. The minimum atomic E-state index is -4.51. The Morgan fingerprint density at radius 2 is 1.90 bits per heavy atom. The van der Waals surface area contributed by atoms with E-state index in [1.807, 2.05) is 0 Å². The van der Waals surface area contributed by atoms with Gasteiger partial charge >= 0.3 is 6.18 Å². The number of hydrogen-bond acceptors (Lipinski definition) is 2. The smallest absolute Gasteiger partial charge is 0.329 e. The maximum Gasteiger partial charge on any atom is 0.416 e. The second-order valence-electron chi connectivity index (χ2n) is 5.37. The van der Waals surface area contributed by atoms with E-state index in [-0.39, 0.29) is 23.2 Å². The lowest BCUT2D eigenvalue weighted by Crippen LogP contribution is -2.40. The number of alkyl halides is 3. The molecule has 1 aliphatic rings. The first kappa shape index (κ1) is 16.1. The van der Waals surface area contributed by atoms with E-state index >= 15 is 0 Å². The van der Waals surface area contributed by atoms with Gasteiger partial charge in [0, 0.05) is 17.3 Å². The van der Waals surface area contributed by atoms with Gasteiger partial charge in [0.1, 0.15) is 0 Å². The zero-order valence-electron chi connectivity index (χ0n) is 11.3. The lowest BCUT2D eigenvalue weighted by molar-refractivity contribution is -0.137. The molecule has 0 spiro atoms. The van der Waals surface area contributed by atoms with Crippen LogP contribution >= 0.6 is 11.6 Å². The van der Waals surface area contributed by atoms with Gasteiger partial charge in [-0.3, -0.25) is 4.79 Å². The molecule has 0 bridgehead atoms. The first-order valence-electron chi connectivity index (χ1n) is 6.66. The molecule has 7 heteroatoms. The van der Waals surface area contributed by atoms with Crippen LogP contribution in [0.25, 0.3) is 0 Å². The van der Waals surface area contributed by atoms with Crippen LogP contribution in [0.2, 0.25) is 5.02 Å². The Hall–Kier alpha value is -1.27. The molecule has 0 atom stereocenters. The normalized spacial score (nSPS) is 17.8. The molecule has 1 aromatic carbocycles. The van der Waals surface area contributed by atoms with Crippen LogP contribution in [0.4, 0.5) is 18.9 Å². The number of nitrogens with two attached hydrogens (primary N) is 1. The van der Waals surface area contributed by atoms with E-state index in [2.05, 4.69) is 5.32 Å². The molecule has 1 fully saturated rings. The number of nitrogens with one attached hydrogen (secondary N) is 1. The predicted octanol–water partition coefficient (Wildman–Crippen LogP) is 3.82. The van der Waals surface area contributed by atoms with Crippen LogP contribution in [0.5, 0.6) is 0 Å². The highest BCUT2D eigenvalue weighted by atomic mass is 35.5.